The summed E-state index contributed by atoms with van der Waals surface area (Å²) in [5.41, 5.74) is 1.39. The van der Waals surface area contributed by atoms with E-state index in [-0.39, 0.29) is 17.7 Å². The van der Waals surface area contributed by atoms with Crippen LogP contribution in [0.2, 0.25) is 0 Å². The minimum atomic E-state index is -0.116. The zero-order chi connectivity index (χ0) is 17.6. The molecule has 1 aromatic carbocycles. The summed E-state index contributed by atoms with van der Waals surface area (Å²) in [5, 5.41) is 0. The standard InChI is InChI=1S/C21H30N2O2/c1-2-3-11-23-16-19(15-20(23)24)21(25)22-12-9-18(10-13-22)14-17-7-5-4-6-8-17/h4-8,18-19H,2-3,9-16H2,1H3. The molecule has 2 saturated heterocycles. The molecule has 0 aromatic heterocycles. The van der Waals surface area contributed by atoms with E-state index in [0.29, 0.717) is 18.9 Å². The summed E-state index contributed by atoms with van der Waals surface area (Å²) >= 11 is 0. The molecule has 0 saturated carbocycles. The maximum absolute atomic E-state index is 12.8. The van der Waals surface area contributed by atoms with Crippen molar-refractivity contribution in [2.75, 3.05) is 26.2 Å². The van der Waals surface area contributed by atoms with Crippen LogP contribution in [0.15, 0.2) is 30.3 Å². The Bertz CT molecular complexity index is 579. The highest BCUT2D eigenvalue weighted by molar-refractivity contribution is 5.89. The first-order valence-corrected chi connectivity index (χ1v) is 9.78. The molecule has 0 radical (unpaired) electrons. The van der Waals surface area contributed by atoms with Crippen molar-refractivity contribution in [3.63, 3.8) is 0 Å². The number of benzene rings is 1. The largest absolute Gasteiger partial charge is 0.342 e. The highest BCUT2D eigenvalue weighted by atomic mass is 16.2. The number of rotatable bonds is 6. The van der Waals surface area contributed by atoms with Crippen LogP contribution in [0, 0.1) is 11.8 Å². The number of nitrogens with zero attached hydrogens (tertiary/aromatic N) is 2. The lowest BCUT2D eigenvalue weighted by Gasteiger charge is -2.33. The van der Waals surface area contributed by atoms with Crippen LogP contribution in [-0.2, 0) is 16.0 Å². The lowest BCUT2D eigenvalue weighted by atomic mass is 9.89. The van der Waals surface area contributed by atoms with E-state index in [1.165, 1.54) is 5.56 Å². The first-order valence-electron chi connectivity index (χ1n) is 9.78. The minimum absolute atomic E-state index is 0.116. The van der Waals surface area contributed by atoms with Gasteiger partial charge in [-0.3, -0.25) is 9.59 Å². The molecule has 1 unspecified atom stereocenters. The second-order valence-electron chi connectivity index (χ2n) is 7.55. The SMILES string of the molecule is CCCCN1CC(C(=O)N2CCC(Cc3ccccc3)CC2)CC1=O. The van der Waals surface area contributed by atoms with Crippen molar-refractivity contribution < 1.29 is 9.59 Å². The second-order valence-corrected chi connectivity index (χ2v) is 7.55. The molecule has 2 amide bonds. The van der Waals surface area contributed by atoms with Gasteiger partial charge in [-0.1, -0.05) is 43.7 Å². The smallest absolute Gasteiger partial charge is 0.227 e. The Balaban J connectivity index is 1.46. The number of amides is 2. The molecule has 4 heteroatoms. The van der Waals surface area contributed by atoms with E-state index in [2.05, 4.69) is 37.3 Å². The Labute approximate surface area is 151 Å². The van der Waals surface area contributed by atoms with Crippen molar-refractivity contribution in [3.8, 4) is 0 Å². The monoisotopic (exact) mass is 342 g/mol. The quantitative estimate of drug-likeness (QED) is 0.797. The van der Waals surface area contributed by atoms with Crippen LogP contribution in [0.3, 0.4) is 0 Å². The van der Waals surface area contributed by atoms with Crippen LogP contribution in [0.1, 0.15) is 44.6 Å². The van der Waals surface area contributed by atoms with Crippen molar-refractivity contribution in [3.05, 3.63) is 35.9 Å². The van der Waals surface area contributed by atoms with Gasteiger partial charge in [0.2, 0.25) is 11.8 Å². The number of hydrogen-bond donors (Lipinski definition) is 0. The summed E-state index contributed by atoms with van der Waals surface area (Å²) in [7, 11) is 0. The maximum Gasteiger partial charge on any atom is 0.227 e. The maximum atomic E-state index is 12.8. The normalized spacial score (nSPS) is 21.8. The number of carbonyl (C=O) groups excluding carboxylic acids is 2. The number of likely N-dealkylation sites (tertiary alicyclic amines) is 2. The number of carbonyl (C=O) groups is 2. The molecule has 0 spiro atoms. The molecule has 4 nitrogen and oxygen atoms in total. The van der Waals surface area contributed by atoms with E-state index in [4.69, 9.17) is 0 Å². The fourth-order valence-corrected chi connectivity index (χ4v) is 4.07. The second kappa shape index (κ2) is 8.50. The summed E-state index contributed by atoms with van der Waals surface area (Å²) in [5.74, 6) is 0.906. The van der Waals surface area contributed by atoms with Crippen LogP contribution in [0.5, 0.6) is 0 Å². The first kappa shape index (κ1) is 18.0. The van der Waals surface area contributed by atoms with Crippen LogP contribution in [0.25, 0.3) is 0 Å². The zero-order valence-corrected chi connectivity index (χ0v) is 15.3. The summed E-state index contributed by atoms with van der Waals surface area (Å²) in [4.78, 5) is 28.8. The lowest BCUT2D eigenvalue weighted by molar-refractivity contribution is -0.137. The Kier molecular flexibility index (Phi) is 6.11. The van der Waals surface area contributed by atoms with Crippen molar-refractivity contribution in [1.29, 1.82) is 0 Å². The fourth-order valence-electron chi connectivity index (χ4n) is 4.07. The van der Waals surface area contributed by atoms with Gasteiger partial charge >= 0.3 is 0 Å². The highest BCUT2D eigenvalue weighted by Crippen LogP contribution is 2.26. The molecule has 3 rings (SSSR count). The molecule has 2 aliphatic heterocycles. The predicted molar refractivity (Wildman–Crippen MR) is 99.0 cm³/mol. The van der Waals surface area contributed by atoms with Crippen molar-refractivity contribution in [1.82, 2.24) is 9.80 Å². The first-order chi connectivity index (χ1) is 12.2. The Morgan fingerprint density at radius 1 is 1.16 bits per heavy atom. The van der Waals surface area contributed by atoms with Gasteiger partial charge in [-0.25, -0.2) is 0 Å². The van der Waals surface area contributed by atoms with E-state index in [1.807, 2.05) is 9.80 Å². The molecule has 2 heterocycles. The summed E-state index contributed by atoms with van der Waals surface area (Å²) in [6.07, 6.45) is 5.76. The Morgan fingerprint density at radius 3 is 2.56 bits per heavy atom. The van der Waals surface area contributed by atoms with Gasteiger partial charge < -0.3 is 9.80 Å². The van der Waals surface area contributed by atoms with Crippen molar-refractivity contribution in [2.24, 2.45) is 11.8 Å². The topological polar surface area (TPSA) is 40.6 Å². The lowest BCUT2D eigenvalue weighted by Crippen LogP contribution is -2.42. The third-order valence-electron chi connectivity index (χ3n) is 5.64. The van der Waals surface area contributed by atoms with Crippen LogP contribution >= 0.6 is 0 Å². The molecule has 1 aromatic rings. The average Bonchev–Trinajstić information content (AvgIpc) is 3.01. The van der Waals surface area contributed by atoms with E-state index in [9.17, 15) is 9.59 Å². The van der Waals surface area contributed by atoms with Gasteiger partial charge in [-0.15, -0.1) is 0 Å². The third-order valence-corrected chi connectivity index (χ3v) is 5.64. The molecular weight excluding hydrogens is 312 g/mol. The highest BCUT2D eigenvalue weighted by Gasteiger charge is 2.37. The van der Waals surface area contributed by atoms with Crippen molar-refractivity contribution in [2.45, 2.75) is 45.4 Å². The van der Waals surface area contributed by atoms with Gasteiger partial charge in [-0.05, 0) is 37.2 Å². The summed E-state index contributed by atoms with van der Waals surface area (Å²) in [6, 6.07) is 10.6. The van der Waals surface area contributed by atoms with Gasteiger partial charge in [0.05, 0.1) is 5.92 Å². The van der Waals surface area contributed by atoms with Gasteiger partial charge in [0.25, 0.3) is 0 Å². The summed E-state index contributed by atoms with van der Waals surface area (Å²) < 4.78 is 0. The third kappa shape index (κ3) is 4.62. The Hall–Kier alpha value is -1.84. The van der Waals surface area contributed by atoms with Crippen LogP contribution in [-0.4, -0.2) is 47.8 Å². The minimum Gasteiger partial charge on any atom is -0.342 e. The molecule has 0 aliphatic carbocycles. The molecule has 0 bridgehead atoms. The van der Waals surface area contributed by atoms with Crippen molar-refractivity contribution >= 4 is 11.8 Å². The zero-order valence-electron chi connectivity index (χ0n) is 15.3. The predicted octanol–water partition coefficient (Wildman–Crippen LogP) is 3.12. The average molecular weight is 342 g/mol. The Morgan fingerprint density at radius 2 is 1.88 bits per heavy atom. The van der Waals surface area contributed by atoms with Gasteiger partial charge in [0, 0.05) is 32.6 Å². The van der Waals surface area contributed by atoms with E-state index in [1.54, 1.807) is 0 Å². The van der Waals surface area contributed by atoms with E-state index in [0.717, 1.165) is 51.7 Å². The number of piperidine rings is 1. The molecule has 25 heavy (non-hydrogen) atoms. The van der Waals surface area contributed by atoms with Gasteiger partial charge in [0.15, 0.2) is 0 Å². The molecule has 1 atom stereocenters. The molecule has 2 fully saturated rings. The van der Waals surface area contributed by atoms with E-state index >= 15 is 0 Å². The van der Waals surface area contributed by atoms with Gasteiger partial charge in [-0.2, -0.15) is 0 Å². The summed E-state index contributed by atoms with van der Waals surface area (Å²) in [6.45, 7) is 5.24. The number of hydrogen-bond acceptors (Lipinski definition) is 2. The van der Waals surface area contributed by atoms with E-state index < -0.39 is 0 Å². The molecule has 0 N–H and O–H groups in total. The number of unbranched alkanes of at least 4 members (excludes halogenated alkanes) is 1. The molecule has 136 valence electrons. The molecular formula is C21H30N2O2. The fraction of sp³-hybridized carbons (Fsp3) is 0.619. The van der Waals surface area contributed by atoms with Gasteiger partial charge in [0.1, 0.15) is 0 Å². The van der Waals surface area contributed by atoms with Crippen LogP contribution < -0.4 is 0 Å². The molecule has 2 aliphatic rings. The van der Waals surface area contributed by atoms with Crippen LogP contribution in [0.4, 0.5) is 0 Å².